The molecule has 110 valence electrons. The topological polar surface area (TPSA) is 32.0 Å². The van der Waals surface area contributed by atoms with Crippen molar-refractivity contribution in [2.45, 2.75) is 57.5 Å². The van der Waals surface area contributed by atoms with Gasteiger partial charge in [0.05, 0.1) is 19.1 Å². The van der Waals surface area contributed by atoms with Gasteiger partial charge in [-0.3, -0.25) is 0 Å². The zero-order valence-electron chi connectivity index (χ0n) is 12.3. The second-order valence-electron chi connectivity index (χ2n) is 5.38. The highest BCUT2D eigenvalue weighted by atomic mass is 16.9. The van der Waals surface area contributed by atoms with Gasteiger partial charge in [-0.25, -0.2) is 0 Å². The van der Waals surface area contributed by atoms with E-state index in [-0.39, 0.29) is 12.0 Å². The number of hydrogen-bond donors (Lipinski definition) is 0. The molecular formula is C16H24NO3+. The Morgan fingerprint density at radius 2 is 2.05 bits per heavy atom. The lowest BCUT2D eigenvalue weighted by atomic mass is 10.0. The van der Waals surface area contributed by atoms with Gasteiger partial charge in [0.15, 0.2) is 0 Å². The fourth-order valence-electron chi connectivity index (χ4n) is 2.39. The van der Waals surface area contributed by atoms with Crippen LogP contribution in [0.1, 0.15) is 45.4 Å². The van der Waals surface area contributed by atoms with Crippen LogP contribution in [-0.4, -0.2) is 31.8 Å². The molecule has 3 aliphatic rings. The third-order valence-corrected chi connectivity index (χ3v) is 3.67. The standard InChI is InChI=1S/C16H24NO3/c1-3-5-7-8-9-16-18-12-14(13-19-16)15(20-16)11-17-10-6-4-2/h1,14-15H,4-10,12-13H2,2H3/q+1. The van der Waals surface area contributed by atoms with Gasteiger partial charge in [0.2, 0.25) is 6.10 Å². The molecule has 3 aliphatic heterocycles. The predicted molar refractivity (Wildman–Crippen MR) is 77.3 cm³/mol. The van der Waals surface area contributed by atoms with Crippen molar-refractivity contribution >= 4 is 0 Å². The third kappa shape index (κ3) is 3.96. The van der Waals surface area contributed by atoms with Crippen LogP contribution in [0.25, 0.3) is 4.85 Å². The summed E-state index contributed by atoms with van der Waals surface area (Å²) in [6, 6.07) is 3.12. The van der Waals surface area contributed by atoms with E-state index in [9.17, 15) is 0 Å². The van der Waals surface area contributed by atoms with E-state index in [0.29, 0.717) is 19.6 Å². The average Bonchev–Trinajstić information content (AvgIpc) is 2.49. The molecule has 0 saturated carbocycles. The number of ether oxygens (including phenoxy) is 3. The van der Waals surface area contributed by atoms with Crippen molar-refractivity contribution in [1.82, 2.24) is 0 Å². The van der Waals surface area contributed by atoms with E-state index < -0.39 is 5.97 Å². The summed E-state index contributed by atoms with van der Waals surface area (Å²) in [5.41, 5.74) is 0. The first-order valence-corrected chi connectivity index (χ1v) is 7.61. The van der Waals surface area contributed by atoms with E-state index in [4.69, 9.17) is 20.6 Å². The van der Waals surface area contributed by atoms with Gasteiger partial charge < -0.3 is 14.2 Å². The highest BCUT2D eigenvalue weighted by Crippen LogP contribution is 2.37. The smallest absolute Gasteiger partial charge is 0.305 e. The normalized spacial score (nSPS) is 31.4. The summed E-state index contributed by atoms with van der Waals surface area (Å²) >= 11 is 0. The molecule has 1 unspecified atom stereocenters. The molecule has 20 heavy (non-hydrogen) atoms. The molecule has 0 aromatic carbocycles. The van der Waals surface area contributed by atoms with Crippen LogP contribution in [0.4, 0.5) is 0 Å². The monoisotopic (exact) mass is 278 g/mol. The number of nitrogens with zero attached hydrogens (tertiary/aromatic N) is 1. The van der Waals surface area contributed by atoms with Gasteiger partial charge in [0.1, 0.15) is 0 Å². The zero-order chi connectivity index (χ0) is 14.3. The minimum absolute atomic E-state index is 0.0954. The van der Waals surface area contributed by atoms with Crippen LogP contribution in [0.2, 0.25) is 0 Å². The lowest BCUT2D eigenvalue weighted by Gasteiger charge is -2.46. The van der Waals surface area contributed by atoms with Crippen LogP contribution >= 0.6 is 0 Å². The van der Waals surface area contributed by atoms with Crippen molar-refractivity contribution in [2.24, 2.45) is 5.92 Å². The van der Waals surface area contributed by atoms with Crippen LogP contribution in [0.15, 0.2) is 0 Å². The Balaban J connectivity index is 1.85. The molecule has 0 aliphatic carbocycles. The first-order valence-electron chi connectivity index (χ1n) is 7.61. The third-order valence-electron chi connectivity index (χ3n) is 3.67. The maximum atomic E-state index is 5.93. The molecule has 3 saturated heterocycles. The molecule has 3 fully saturated rings. The van der Waals surface area contributed by atoms with Gasteiger partial charge in [-0.05, 0) is 19.3 Å². The molecule has 0 aromatic rings. The summed E-state index contributed by atoms with van der Waals surface area (Å²) in [7, 11) is 0. The number of unbranched alkanes of at least 4 members (excludes halogenated alkanes) is 3. The Morgan fingerprint density at radius 1 is 1.25 bits per heavy atom. The van der Waals surface area contributed by atoms with E-state index in [2.05, 4.69) is 23.8 Å². The van der Waals surface area contributed by atoms with Crippen molar-refractivity contribution < 1.29 is 14.2 Å². The summed E-state index contributed by atoms with van der Waals surface area (Å²) in [6.07, 6.45) is 10.8. The van der Waals surface area contributed by atoms with Crippen LogP contribution in [0.5, 0.6) is 0 Å². The molecular weight excluding hydrogens is 254 g/mol. The summed E-state index contributed by atoms with van der Waals surface area (Å²) in [5, 5.41) is 0. The first-order chi connectivity index (χ1) is 9.79. The minimum Gasteiger partial charge on any atom is -0.327 e. The SMILES string of the molecule is C#CCCCCC12OCC(CO1)C(C#[N+]CCCC)O2. The fraction of sp³-hybridized carbons (Fsp3) is 0.812. The quantitative estimate of drug-likeness (QED) is 0.553. The van der Waals surface area contributed by atoms with E-state index >= 15 is 0 Å². The number of terminal acetylenes is 1. The number of fused-ring (bicyclic) bond motifs is 3. The molecule has 3 rings (SSSR count). The fourth-order valence-corrected chi connectivity index (χ4v) is 2.39. The molecule has 0 amide bonds. The van der Waals surface area contributed by atoms with Crippen LogP contribution < -0.4 is 0 Å². The Morgan fingerprint density at radius 3 is 2.75 bits per heavy atom. The van der Waals surface area contributed by atoms with Crippen molar-refractivity contribution in [2.75, 3.05) is 19.8 Å². The Labute approximate surface area is 121 Å². The maximum Gasteiger partial charge on any atom is 0.305 e. The molecule has 1 atom stereocenters. The molecule has 0 radical (unpaired) electrons. The Kier molecular flexibility index (Phi) is 5.86. The molecule has 0 spiro atoms. The maximum absolute atomic E-state index is 5.93. The summed E-state index contributed by atoms with van der Waals surface area (Å²) in [4.78, 5) is 4.33. The molecule has 0 N–H and O–H groups in total. The van der Waals surface area contributed by atoms with Crippen molar-refractivity contribution in [3.63, 3.8) is 0 Å². The highest BCUT2D eigenvalue weighted by Gasteiger charge is 2.51. The Bertz CT molecular complexity index is 396. The van der Waals surface area contributed by atoms with Gasteiger partial charge in [-0.15, -0.1) is 12.3 Å². The molecule has 2 bridgehead atoms. The lowest BCUT2D eigenvalue weighted by molar-refractivity contribution is -0.461. The predicted octanol–water partition coefficient (Wildman–Crippen LogP) is 3.03. The van der Waals surface area contributed by atoms with Crippen LogP contribution in [0.3, 0.4) is 0 Å². The molecule has 4 heteroatoms. The summed E-state index contributed by atoms with van der Waals surface area (Å²) in [6.45, 7) is 4.30. The van der Waals surface area contributed by atoms with Crippen LogP contribution in [-0.2, 0) is 14.2 Å². The molecule has 4 nitrogen and oxygen atoms in total. The Hall–Kier alpha value is -1.07. The van der Waals surface area contributed by atoms with Gasteiger partial charge in [0.25, 0.3) is 12.5 Å². The van der Waals surface area contributed by atoms with Crippen molar-refractivity contribution in [3.05, 3.63) is 4.85 Å². The molecule has 0 aromatic heterocycles. The highest BCUT2D eigenvalue weighted by molar-refractivity contribution is 5.02. The van der Waals surface area contributed by atoms with E-state index in [0.717, 1.165) is 38.6 Å². The second-order valence-corrected chi connectivity index (χ2v) is 5.38. The van der Waals surface area contributed by atoms with Crippen molar-refractivity contribution in [1.29, 1.82) is 0 Å². The minimum atomic E-state index is -0.888. The average molecular weight is 278 g/mol. The largest absolute Gasteiger partial charge is 0.327 e. The van der Waals surface area contributed by atoms with Gasteiger partial charge in [0, 0.05) is 19.3 Å². The van der Waals surface area contributed by atoms with E-state index in [1.54, 1.807) is 0 Å². The number of hydrogen-bond acceptors (Lipinski definition) is 3. The van der Waals surface area contributed by atoms with E-state index in [1.807, 2.05) is 0 Å². The first kappa shape index (κ1) is 15.3. The van der Waals surface area contributed by atoms with Gasteiger partial charge in [-0.2, -0.15) is 0 Å². The summed E-state index contributed by atoms with van der Waals surface area (Å²) < 4.78 is 17.4. The summed E-state index contributed by atoms with van der Waals surface area (Å²) in [5.74, 6) is 1.97. The van der Waals surface area contributed by atoms with Gasteiger partial charge in [-0.1, -0.05) is 11.8 Å². The molecule has 3 heterocycles. The number of rotatable bonds is 6. The lowest BCUT2D eigenvalue weighted by Crippen LogP contribution is -2.57. The second kappa shape index (κ2) is 7.64. The zero-order valence-corrected chi connectivity index (χ0v) is 12.3. The van der Waals surface area contributed by atoms with Gasteiger partial charge >= 0.3 is 6.07 Å². The van der Waals surface area contributed by atoms with Crippen LogP contribution in [0, 0.1) is 24.3 Å². The van der Waals surface area contributed by atoms with E-state index in [1.165, 1.54) is 0 Å². The van der Waals surface area contributed by atoms with Crippen molar-refractivity contribution in [3.8, 4) is 18.4 Å².